The average Bonchev–Trinajstić information content (AvgIpc) is 3.33. The molecule has 0 saturated carbocycles. The first kappa shape index (κ1) is 27.0. The smallest absolute Gasteiger partial charge is 0.135 e. The van der Waals surface area contributed by atoms with E-state index in [1.807, 2.05) is 50.2 Å². The highest BCUT2D eigenvalue weighted by Crippen LogP contribution is 2.76. The Morgan fingerprint density at radius 2 is 1.08 bits per heavy atom. The van der Waals surface area contributed by atoms with Crippen molar-refractivity contribution >= 4 is 26.8 Å². The van der Waals surface area contributed by atoms with Gasteiger partial charge in [0.1, 0.15) is 23.3 Å². The van der Waals surface area contributed by atoms with Crippen LogP contribution >= 0.6 is 16.1 Å². The topological polar surface area (TPSA) is 3.24 Å². The molecule has 2 unspecified atom stereocenters. The summed E-state index contributed by atoms with van der Waals surface area (Å²) in [7, 11) is -2.80. The molecule has 4 aromatic carbocycles. The van der Waals surface area contributed by atoms with Gasteiger partial charge in [0.05, 0.1) is 0 Å². The molecule has 0 radical (unpaired) electrons. The van der Waals surface area contributed by atoms with E-state index in [4.69, 9.17) is 0 Å². The molecule has 1 nitrogen and oxygen atoms in total. The van der Waals surface area contributed by atoms with Crippen molar-refractivity contribution in [3.63, 3.8) is 0 Å². The Morgan fingerprint density at radius 3 is 1.45 bits per heavy atom. The first-order valence-corrected chi connectivity index (χ1v) is 15.5. The molecule has 0 bridgehead atoms. The van der Waals surface area contributed by atoms with Crippen LogP contribution < -0.4 is 10.6 Å². The normalized spacial score (nSPS) is 19.6. The maximum absolute atomic E-state index is 15.5. The van der Waals surface area contributed by atoms with Gasteiger partial charge in [0.15, 0.2) is 0 Å². The van der Waals surface area contributed by atoms with Crippen molar-refractivity contribution in [1.29, 1.82) is 0 Å². The standard InChI is InChI=1S/C31H29F4NP2/c1-21(2)36(38(30-15-13-24(32)19-26(30)34)31-16-14-25(33)20-27(31)35)37-28(22-9-5-3-6-10-22)17-18-29(37)23-11-7-4-8-12-23/h3-16,19-21,28-29H,17-18H2,1-2H3/t28-,29?,37?/m0/s1. The monoisotopic (exact) mass is 553 g/mol. The predicted molar refractivity (Wildman–Crippen MR) is 150 cm³/mol. The zero-order valence-electron chi connectivity index (χ0n) is 21.2. The predicted octanol–water partition coefficient (Wildman–Crippen LogP) is 8.97. The average molecular weight is 554 g/mol. The van der Waals surface area contributed by atoms with E-state index in [-0.39, 0.29) is 28.0 Å². The number of hydrogen-bond donors (Lipinski definition) is 0. The van der Waals surface area contributed by atoms with Crippen molar-refractivity contribution in [3.8, 4) is 0 Å². The van der Waals surface area contributed by atoms with Gasteiger partial charge >= 0.3 is 0 Å². The fraction of sp³-hybridized carbons (Fsp3) is 0.226. The van der Waals surface area contributed by atoms with Crippen LogP contribution in [0.15, 0.2) is 97.1 Å². The Bertz CT molecular complexity index is 1280. The largest absolute Gasteiger partial charge is 0.249 e. The van der Waals surface area contributed by atoms with Crippen LogP contribution in [0.5, 0.6) is 0 Å². The van der Waals surface area contributed by atoms with Crippen LogP contribution in [0, 0.1) is 23.3 Å². The summed E-state index contributed by atoms with van der Waals surface area (Å²) in [4.78, 5) is 0. The third-order valence-corrected chi connectivity index (χ3v) is 13.9. The zero-order chi connectivity index (χ0) is 26.8. The van der Waals surface area contributed by atoms with Crippen molar-refractivity contribution < 1.29 is 17.6 Å². The van der Waals surface area contributed by atoms with Crippen molar-refractivity contribution in [2.75, 3.05) is 0 Å². The van der Waals surface area contributed by atoms with Crippen molar-refractivity contribution in [3.05, 3.63) is 131 Å². The van der Waals surface area contributed by atoms with Crippen LogP contribution in [-0.2, 0) is 0 Å². The van der Waals surface area contributed by atoms with Gasteiger partial charge in [-0.05, 0) is 70.2 Å². The lowest BCUT2D eigenvalue weighted by Gasteiger charge is -2.45. The van der Waals surface area contributed by atoms with Crippen LogP contribution in [0.25, 0.3) is 0 Å². The van der Waals surface area contributed by atoms with Gasteiger partial charge in [-0.25, -0.2) is 22.0 Å². The summed E-state index contributed by atoms with van der Waals surface area (Å²) in [6.07, 6.45) is 1.89. The van der Waals surface area contributed by atoms with Gasteiger partial charge in [0, 0.05) is 48.2 Å². The quantitative estimate of drug-likeness (QED) is 0.163. The Kier molecular flexibility index (Phi) is 8.29. The minimum Gasteiger partial charge on any atom is -0.249 e. The van der Waals surface area contributed by atoms with Gasteiger partial charge in [0.25, 0.3) is 0 Å². The van der Waals surface area contributed by atoms with E-state index in [1.165, 1.54) is 35.4 Å². The maximum atomic E-state index is 15.5. The van der Waals surface area contributed by atoms with Crippen molar-refractivity contribution in [2.45, 2.75) is 44.0 Å². The maximum Gasteiger partial charge on any atom is 0.135 e. The molecule has 196 valence electrons. The van der Waals surface area contributed by atoms with Crippen LogP contribution in [0.4, 0.5) is 17.6 Å². The molecular weight excluding hydrogens is 524 g/mol. The number of hydrogen-bond acceptors (Lipinski definition) is 1. The van der Waals surface area contributed by atoms with Gasteiger partial charge in [-0.2, -0.15) is 0 Å². The fourth-order valence-corrected chi connectivity index (χ4v) is 12.9. The van der Waals surface area contributed by atoms with E-state index in [9.17, 15) is 8.78 Å². The molecule has 0 aromatic heterocycles. The Labute approximate surface area is 224 Å². The minimum atomic E-state index is -1.79. The van der Waals surface area contributed by atoms with E-state index in [0.29, 0.717) is 0 Å². The highest BCUT2D eigenvalue weighted by atomic mass is 31.2. The first-order chi connectivity index (χ1) is 18.3. The van der Waals surface area contributed by atoms with E-state index >= 15 is 8.78 Å². The third kappa shape index (κ3) is 5.43. The summed E-state index contributed by atoms with van der Waals surface area (Å²) in [6, 6.07) is 27.5. The molecule has 0 spiro atoms. The van der Waals surface area contributed by atoms with E-state index in [2.05, 4.69) is 28.7 Å². The molecule has 1 saturated heterocycles. The molecule has 38 heavy (non-hydrogen) atoms. The van der Waals surface area contributed by atoms with Crippen molar-refractivity contribution in [2.24, 2.45) is 0 Å². The summed E-state index contributed by atoms with van der Waals surface area (Å²) in [6.45, 7) is 4.09. The number of rotatable bonds is 7. The molecule has 3 atom stereocenters. The molecule has 0 amide bonds. The summed E-state index contributed by atoms with van der Waals surface area (Å²) in [5.74, 6) is -2.81. The number of halogens is 4. The van der Waals surface area contributed by atoms with Gasteiger partial charge < -0.3 is 0 Å². The molecule has 1 fully saturated rings. The molecule has 1 heterocycles. The van der Waals surface area contributed by atoms with E-state index in [0.717, 1.165) is 25.0 Å². The molecule has 4 aromatic rings. The highest BCUT2D eigenvalue weighted by Gasteiger charge is 2.46. The minimum absolute atomic E-state index is 0.0864. The number of benzene rings is 4. The number of nitrogens with zero attached hydrogens (tertiary/aromatic N) is 1. The summed E-state index contributed by atoms with van der Waals surface area (Å²) < 4.78 is 61.3. The first-order valence-electron chi connectivity index (χ1n) is 12.7. The zero-order valence-corrected chi connectivity index (χ0v) is 23.0. The Hall–Kier alpha value is -2.58. The third-order valence-electron chi connectivity index (χ3n) is 6.90. The highest BCUT2D eigenvalue weighted by molar-refractivity contribution is 7.79. The van der Waals surface area contributed by atoms with Crippen LogP contribution in [0.3, 0.4) is 0 Å². The lowest BCUT2D eigenvalue weighted by atomic mass is 10.0. The van der Waals surface area contributed by atoms with Gasteiger partial charge in [-0.3, -0.25) is 0 Å². The summed E-state index contributed by atoms with van der Waals surface area (Å²) >= 11 is 0. The second kappa shape index (κ2) is 11.7. The molecule has 0 aliphatic carbocycles. The lowest BCUT2D eigenvalue weighted by Crippen LogP contribution is -2.34. The molecule has 1 aliphatic heterocycles. The molecule has 7 heteroatoms. The second-order valence-electron chi connectivity index (χ2n) is 9.73. The van der Waals surface area contributed by atoms with Crippen LogP contribution in [0.2, 0.25) is 0 Å². The summed E-state index contributed by atoms with van der Waals surface area (Å²) in [5.41, 5.74) is 2.76. The van der Waals surface area contributed by atoms with Crippen LogP contribution in [-0.4, -0.2) is 10.5 Å². The van der Waals surface area contributed by atoms with Gasteiger partial charge in [-0.1, -0.05) is 60.7 Å². The van der Waals surface area contributed by atoms with Gasteiger partial charge in [-0.15, -0.1) is 0 Å². The van der Waals surface area contributed by atoms with Crippen LogP contribution in [0.1, 0.15) is 49.1 Å². The second-order valence-corrected chi connectivity index (χ2v) is 14.5. The summed E-state index contributed by atoms with van der Waals surface area (Å²) in [5, 5.41) is 0.488. The lowest BCUT2D eigenvalue weighted by molar-refractivity contribution is 0.562. The van der Waals surface area contributed by atoms with Crippen molar-refractivity contribution in [1.82, 2.24) is 4.44 Å². The molecule has 1 aliphatic rings. The van der Waals surface area contributed by atoms with Gasteiger partial charge in [0.2, 0.25) is 0 Å². The Balaban J connectivity index is 1.74. The van der Waals surface area contributed by atoms with E-state index < -0.39 is 39.4 Å². The Morgan fingerprint density at radius 1 is 0.658 bits per heavy atom. The molecular formula is C31H29F4NP2. The van der Waals surface area contributed by atoms with E-state index in [1.54, 1.807) is 0 Å². The SMILES string of the molecule is CC(C)N(P(c1ccc(F)cc1F)c1ccc(F)cc1F)P1C(c2ccccc2)CC[C@H]1c1ccccc1. The fourth-order valence-electron chi connectivity index (χ4n) is 5.33. The molecule has 0 N–H and O–H groups in total. The molecule has 5 rings (SSSR count).